The average Bonchev–Trinajstić information content (AvgIpc) is 2.18. The van der Waals surface area contributed by atoms with E-state index in [1.165, 1.54) is 6.21 Å². The molecule has 1 rings (SSSR count). The van der Waals surface area contributed by atoms with Crippen LogP contribution in [0.1, 0.15) is 5.56 Å². The summed E-state index contributed by atoms with van der Waals surface area (Å²) >= 11 is 11.6. The molecule has 0 heterocycles. The van der Waals surface area contributed by atoms with Crippen molar-refractivity contribution in [2.75, 3.05) is 6.61 Å². The van der Waals surface area contributed by atoms with Gasteiger partial charge in [0, 0.05) is 5.56 Å². The quantitative estimate of drug-likeness (QED) is 0.651. The van der Waals surface area contributed by atoms with E-state index in [4.69, 9.17) is 28.9 Å². The van der Waals surface area contributed by atoms with Crippen molar-refractivity contribution < 1.29 is 9.63 Å². The smallest absolute Gasteiger partial charge is 0.258 e. The SMILES string of the molecule is NC(=O)CO/N=C\c1cccc(Cl)c1Cl. The van der Waals surface area contributed by atoms with Gasteiger partial charge in [0.1, 0.15) is 0 Å². The summed E-state index contributed by atoms with van der Waals surface area (Å²) in [6, 6.07) is 5.10. The lowest BCUT2D eigenvalue weighted by atomic mass is 10.2. The molecule has 0 saturated carbocycles. The highest BCUT2D eigenvalue weighted by Gasteiger charge is 2.01. The molecule has 6 heteroatoms. The number of halogens is 2. The van der Waals surface area contributed by atoms with Gasteiger partial charge in [0.15, 0.2) is 6.61 Å². The molecule has 0 aromatic heterocycles. The van der Waals surface area contributed by atoms with Crippen LogP contribution >= 0.6 is 23.2 Å². The number of nitrogens with zero attached hydrogens (tertiary/aromatic N) is 1. The highest BCUT2D eigenvalue weighted by atomic mass is 35.5. The predicted molar refractivity (Wildman–Crippen MR) is 59.2 cm³/mol. The third-order valence-corrected chi connectivity index (χ3v) is 2.29. The van der Waals surface area contributed by atoms with Crippen LogP contribution in [0.2, 0.25) is 10.0 Å². The Hall–Kier alpha value is -1.26. The molecule has 0 saturated heterocycles. The van der Waals surface area contributed by atoms with Crippen LogP contribution in [-0.4, -0.2) is 18.7 Å². The number of benzene rings is 1. The second-order valence-corrected chi connectivity index (χ2v) is 3.40. The Morgan fingerprint density at radius 2 is 2.27 bits per heavy atom. The fourth-order valence-corrected chi connectivity index (χ4v) is 1.17. The van der Waals surface area contributed by atoms with Gasteiger partial charge in [-0.05, 0) is 6.07 Å². The van der Waals surface area contributed by atoms with Gasteiger partial charge < -0.3 is 10.6 Å². The van der Waals surface area contributed by atoms with Crippen LogP contribution in [0.15, 0.2) is 23.4 Å². The van der Waals surface area contributed by atoms with Crippen LogP contribution in [0, 0.1) is 0 Å². The lowest BCUT2D eigenvalue weighted by Gasteiger charge is -1.99. The molecule has 0 atom stereocenters. The maximum Gasteiger partial charge on any atom is 0.258 e. The number of primary amides is 1. The van der Waals surface area contributed by atoms with Crippen LogP contribution in [0.4, 0.5) is 0 Å². The number of hydrogen-bond acceptors (Lipinski definition) is 3. The summed E-state index contributed by atoms with van der Waals surface area (Å²) < 4.78 is 0. The summed E-state index contributed by atoms with van der Waals surface area (Å²) in [6.45, 7) is -0.269. The van der Waals surface area contributed by atoms with Gasteiger partial charge in [-0.3, -0.25) is 4.79 Å². The molecule has 80 valence electrons. The molecular formula is C9H8Cl2N2O2. The van der Waals surface area contributed by atoms with Gasteiger partial charge in [-0.2, -0.15) is 0 Å². The van der Waals surface area contributed by atoms with E-state index in [-0.39, 0.29) is 6.61 Å². The first-order chi connectivity index (χ1) is 7.11. The molecule has 0 radical (unpaired) electrons. The van der Waals surface area contributed by atoms with Crippen LogP contribution in [0.5, 0.6) is 0 Å². The van der Waals surface area contributed by atoms with E-state index in [0.29, 0.717) is 15.6 Å². The van der Waals surface area contributed by atoms with Crippen LogP contribution < -0.4 is 5.73 Å². The first-order valence-corrected chi connectivity index (χ1v) is 4.74. The summed E-state index contributed by atoms with van der Waals surface area (Å²) in [5.74, 6) is -0.593. The largest absolute Gasteiger partial charge is 0.386 e. The second kappa shape index (κ2) is 5.58. The third kappa shape index (κ3) is 3.77. The minimum Gasteiger partial charge on any atom is -0.386 e. The van der Waals surface area contributed by atoms with Crippen molar-refractivity contribution in [2.24, 2.45) is 10.9 Å². The van der Waals surface area contributed by atoms with Crippen molar-refractivity contribution in [3.63, 3.8) is 0 Å². The summed E-state index contributed by atoms with van der Waals surface area (Å²) in [4.78, 5) is 14.9. The Balaban J connectivity index is 2.64. The Labute approximate surface area is 96.6 Å². The summed E-state index contributed by atoms with van der Waals surface area (Å²) in [5, 5.41) is 4.32. The van der Waals surface area contributed by atoms with Crippen molar-refractivity contribution >= 4 is 35.3 Å². The van der Waals surface area contributed by atoms with Crippen LogP contribution in [0.25, 0.3) is 0 Å². The molecular weight excluding hydrogens is 239 g/mol. The van der Waals surface area contributed by atoms with Gasteiger partial charge in [0.25, 0.3) is 5.91 Å². The van der Waals surface area contributed by atoms with Crippen molar-refractivity contribution in [1.29, 1.82) is 0 Å². The molecule has 1 aromatic rings. The normalized spacial score (nSPS) is 10.5. The van der Waals surface area contributed by atoms with Crippen molar-refractivity contribution in [1.82, 2.24) is 0 Å². The molecule has 1 amide bonds. The van der Waals surface area contributed by atoms with Gasteiger partial charge in [-0.25, -0.2) is 0 Å². The molecule has 1 aromatic carbocycles. The zero-order valence-electron chi connectivity index (χ0n) is 7.61. The molecule has 4 nitrogen and oxygen atoms in total. The lowest BCUT2D eigenvalue weighted by molar-refractivity contribution is -0.122. The van der Waals surface area contributed by atoms with Gasteiger partial charge >= 0.3 is 0 Å². The standard InChI is InChI=1S/C9H8Cl2N2O2/c10-7-3-1-2-6(9(7)11)4-13-15-5-8(12)14/h1-4H,5H2,(H2,12,14)/b13-4-. The molecule has 0 aliphatic heterocycles. The fourth-order valence-electron chi connectivity index (χ4n) is 0.815. The first kappa shape index (κ1) is 11.8. The Bertz CT molecular complexity index is 394. The topological polar surface area (TPSA) is 64.7 Å². The zero-order valence-corrected chi connectivity index (χ0v) is 9.13. The van der Waals surface area contributed by atoms with E-state index >= 15 is 0 Å². The highest BCUT2D eigenvalue weighted by molar-refractivity contribution is 6.43. The third-order valence-electron chi connectivity index (χ3n) is 1.45. The average molecular weight is 247 g/mol. The monoisotopic (exact) mass is 246 g/mol. The van der Waals surface area contributed by atoms with Gasteiger partial charge in [-0.15, -0.1) is 0 Å². The van der Waals surface area contributed by atoms with E-state index in [9.17, 15) is 4.79 Å². The number of nitrogens with two attached hydrogens (primary N) is 1. The molecule has 0 spiro atoms. The van der Waals surface area contributed by atoms with Crippen molar-refractivity contribution in [2.45, 2.75) is 0 Å². The number of carbonyl (C=O) groups is 1. The van der Waals surface area contributed by atoms with E-state index in [1.807, 2.05) is 0 Å². The molecule has 0 bridgehead atoms. The van der Waals surface area contributed by atoms with Crippen LogP contribution in [0.3, 0.4) is 0 Å². The number of hydrogen-bond donors (Lipinski definition) is 1. The Morgan fingerprint density at radius 3 is 2.93 bits per heavy atom. The van der Waals surface area contributed by atoms with Crippen LogP contribution in [-0.2, 0) is 9.63 Å². The maximum absolute atomic E-state index is 10.3. The number of carbonyl (C=O) groups excluding carboxylic acids is 1. The molecule has 0 unspecified atom stereocenters. The Morgan fingerprint density at radius 1 is 1.53 bits per heavy atom. The lowest BCUT2D eigenvalue weighted by Crippen LogP contribution is -2.16. The highest BCUT2D eigenvalue weighted by Crippen LogP contribution is 2.24. The molecule has 0 aliphatic rings. The van der Waals surface area contributed by atoms with E-state index in [2.05, 4.69) is 9.99 Å². The molecule has 2 N–H and O–H groups in total. The molecule has 15 heavy (non-hydrogen) atoms. The summed E-state index contributed by atoms with van der Waals surface area (Å²) in [6.07, 6.45) is 1.36. The minimum absolute atomic E-state index is 0.269. The minimum atomic E-state index is -0.593. The van der Waals surface area contributed by atoms with Crippen molar-refractivity contribution in [3.8, 4) is 0 Å². The Kier molecular flexibility index (Phi) is 4.39. The number of amides is 1. The van der Waals surface area contributed by atoms with E-state index in [0.717, 1.165) is 0 Å². The number of rotatable bonds is 4. The molecule has 0 aliphatic carbocycles. The number of oxime groups is 1. The van der Waals surface area contributed by atoms with Gasteiger partial charge in [0.05, 0.1) is 16.3 Å². The van der Waals surface area contributed by atoms with E-state index < -0.39 is 5.91 Å². The summed E-state index contributed by atoms with van der Waals surface area (Å²) in [7, 11) is 0. The first-order valence-electron chi connectivity index (χ1n) is 3.99. The van der Waals surface area contributed by atoms with Crippen molar-refractivity contribution in [3.05, 3.63) is 33.8 Å². The van der Waals surface area contributed by atoms with Gasteiger partial charge in [0.2, 0.25) is 0 Å². The maximum atomic E-state index is 10.3. The van der Waals surface area contributed by atoms with Gasteiger partial charge in [-0.1, -0.05) is 40.5 Å². The predicted octanol–water partition coefficient (Wildman–Crippen LogP) is 1.83. The fraction of sp³-hybridized carbons (Fsp3) is 0.111. The molecule has 0 fully saturated rings. The van der Waals surface area contributed by atoms with E-state index in [1.54, 1.807) is 18.2 Å². The second-order valence-electron chi connectivity index (χ2n) is 2.62. The zero-order chi connectivity index (χ0) is 11.3. The summed E-state index contributed by atoms with van der Waals surface area (Å²) in [5.41, 5.74) is 5.45.